The van der Waals surface area contributed by atoms with Crippen molar-refractivity contribution in [2.24, 2.45) is 0 Å². The number of nitrogens with one attached hydrogen (secondary N) is 1. The van der Waals surface area contributed by atoms with Gasteiger partial charge in [0.15, 0.2) is 0 Å². The molecule has 1 aromatic carbocycles. The highest BCUT2D eigenvalue weighted by Gasteiger charge is 2.32. The Kier molecular flexibility index (Phi) is 5.48. The first-order valence-electron chi connectivity index (χ1n) is 8.51. The fraction of sp³-hybridized carbons (Fsp3) is 0.333. The smallest absolute Gasteiger partial charge is 0.405 e. The first kappa shape index (κ1) is 19.6. The Balaban J connectivity index is 1.62. The molecule has 0 radical (unpaired) electrons. The van der Waals surface area contributed by atoms with Crippen LogP contribution in [0.4, 0.5) is 13.2 Å². The van der Waals surface area contributed by atoms with Crippen LogP contribution in [0.5, 0.6) is 5.75 Å². The summed E-state index contributed by atoms with van der Waals surface area (Å²) in [5.41, 5.74) is 2.73. The highest BCUT2D eigenvalue weighted by Crippen LogP contribution is 2.26. The normalized spacial score (nSPS) is 11.6. The minimum Gasteiger partial charge on any atom is -0.405 e. The molecule has 0 unspecified atom stereocenters. The van der Waals surface area contributed by atoms with Gasteiger partial charge in [-0.3, -0.25) is 4.79 Å². The molecule has 10 heteroatoms. The van der Waals surface area contributed by atoms with E-state index in [-0.39, 0.29) is 30.2 Å². The molecule has 0 fully saturated rings. The molecule has 0 bridgehead atoms. The number of alkyl halides is 3. The highest BCUT2D eigenvalue weighted by molar-refractivity contribution is 5.76. The quantitative estimate of drug-likeness (QED) is 0.697. The van der Waals surface area contributed by atoms with Gasteiger partial charge in [0.05, 0.1) is 0 Å². The molecule has 0 aliphatic rings. The second-order valence-corrected chi connectivity index (χ2v) is 6.17. The van der Waals surface area contributed by atoms with Gasteiger partial charge in [-0.1, -0.05) is 18.2 Å². The van der Waals surface area contributed by atoms with Crippen LogP contribution in [0.1, 0.15) is 28.9 Å². The first-order valence-corrected chi connectivity index (χ1v) is 8.51. The third kappa shape index (κ3) is 4.56. The number of aromatic nitrogens is 4. The van der Waals surface area contributed by atoms with Gasteiger partial charge in [0, 0.05) is 29.9 Å². The summed E-state index contributed by atoms with van der Waals surface area (Å²) < 4.78 is 43.0. The predicted octanol–water partition coefficient (Wildman–Crippen LogP) is 2.89. The molecule has 0 aliphatic carbocycles. The minimum absolute atomic E-state index is 0.0661. The summed E-state index contributed by atoms with van der Waals surface area (Å²) in [5, 5.41) is 6.72. The molecule has 28 heavy (non-hydrogen) atoms. The molecular formula is C18H18F3N5O2. The molecular weight excluding hydrogens is 375 g/mol. The van der Waals surface area contributed by atoms with Crippen molar-refractivity contribution in [3.8, 4) is 5.75 Å². The summed E-state index contributed by atoms with van der Waals surface area (Å²) in [6.45, 7) is 3.64. The molecule has 2 aromatic heterocycles. The van der Waals surface area contributed by atoms with E-state index in [2.05, 4.69) is 25.1 Å². The second-order valence-electron chi connectivity index (χ2n) is 6.17. The van der Waals surface area contributed by atoms with Gasteiger partial charge in [0.2, 0.25) is 5.91 Å². The van der Waals surface area contributed by atoms with E-state index in [9.17, 15) is 18.0 Å². The van der Waals surface area contributed by atoms with Crippen molar-refractivity contribution in [1.82, 2.24) is 24.9 Å². The van der Waals surface area contributed by atoms with Gasteiger partial charge in [0.25, 0.3) is 5.78 Å². The lowest BCUT2D eigenvalue weighted by molar-refractivity contribution is -0.274. The third-order valence-electron chi connectivity index (χ3n) is 4.27. The van der Waals surface area contributed by atoms with E-state index in [4.69, 9.17) is 0 Å². The lowest BCUT2D eigenvalue weighted by Crippen LogP contribution is -2.25. The summed E-state index contributed by atoms with van der Waals surface area (Å²) in [4.78, 5) is 20.6. The number of aryl methyl sites for hydroxylation is 2. The van der Waals surface area contributed by atoms with Crippen molar-refractivity contribution in [1.29, 1.82) is 0 Å². The predicted molar refractivity (Wildman–Crippen MR) is 93.5 cm³/mol. The van der Waals surface area contributed by atoms with Crippen molar-refractivity contribution in [3.63, 3.8) is 0 Å². The Hall–Kier alpha value is -3.17. The number of rotatable bonds is 6. The SMILES string of the molecule is Cc1nc2ncnn2c(C)c1CCC(=O)NCc1ccccc1OC(F)(F)F. The van der Waals surface area contributed by atoms with E-state index >= 15 is 0 Å². The highest BCUT2D eigenvalue weighted by atomic mass is 19.4. The van der Waals surface area contributed by atoms with E-state index in [1.165, 1.54) is 24.5 Å². The molecule has 2 heterocycles. The molecule has 0 spiro atoms. The van der Waals surface area contributed by atoms with E-state index < -0.39 is 6.36 Å². The zero-order chi connectivity index (χ0) is 20.3. The maximum atomic E-state index is 12.5. The van der Waals surface area contributed by atoms with Crippen LogP contribution in [-0.2, 0) is 17.8 Å². The minimum atomic E-state index is -4.79. The van der Waals surface area contributed by atoms with Gasteiger partial charge in [0.1, 0.15) is 12.1 Å². The molecule has 0 saturated heterocycles. The standard InChI is InChI=1S/C18H18F3N5O2/c1-11-14(12(2)26-17(25-11)23-10-24-26)7-8-16(27)22-9-13-5-3-4-6-15(13)28-18(19,20)21/h3-6,10H,7-9H2,1-2H3,(H,22,27). The molecule has 7 nitrogen and oxygen atoms in total. The number of hydrogen-bond donors (Lipinski definition) is 1. The van der Waals surface area contributed by atoms with E-state index in [1.54, 1.807) is 10.6 Å². The van der Waals surface area contributed by atoms with E-state index in [0.717, 1.165) is 17.0 Å². The topological polar surface area (TPSA) is 81.4 Å². The molecule has 148 valence electrons. The molecule has 0 aliphatic heterocycles. The number of para-hydroxylation sites is 1. The summed E-state index contributed by atoms with van der Waals surface area (Å²) in [6, 6.07) is 5.70. The number of ether oxygens (including phenoxy) is 1. The lowest BCUT2D eigenvalue weighted by atomic mass is 10.1. The van der Waals surface area contributed by atoms with Crippen LogP contribution in [0.25, 0.3) is 5.78 Å². The van der Waals surface area contributed by atoms with Crippen LogP contribution in [0, 0.1) is 13.8 Å². The Morgan fingerprint density at radius 3 is 2.75 bits per heavy atom. The van der Waals surface area contributed by atoms with Crippen LogP contribution in [-0.4, -0.2) is 31.9 Å². The van der Waals surface area contributed by atoms with Gasteiger partial charge >= 0.3 is 6.36 Å². The van der Waals surface area contributed by atoms with Crippen LogP contribution in [0.3, 0.4) is 0 Å². The summed E-state index contributed by atoms with van der Waals surface area (Å²) >= 11 is 0. The number of amides is 1. The number of carbonyl (C=O) groups excluding carboxylic acids is 1. The largest absolute Gasteiger partial charge is 0.573 e. The van der Waals surface area contributed by atoms with Gasteiger partial charge in [-0.15, -0.1) is 13.2 Å². The Morgan fingerprint density at radius 2 is 2.00 bits per heavy atom. The van der Waals surface area contributed by atoms with Crippen LogP contribution < -0.4 is 10.1 Å². The Bertz CT molecular complexity index is 1000. The zero-order valence-corrected chi connectivity index (χ0v) is 15.2. The fourth-order valence-corrected chi connectivity index (χ4v) is 2.91. The summed E-state index contributed by atoms with van der Waals surface area (Å²) in [5.74, 6) is -0.133. The van der Waals surface area contributed by atoms with Crippen molar-refractivity contribution in [3.05, 3.63) is 53.1 Å². The van der Waals surface area contributed by atoms with E-state index in [0.29, 0.717) is 12.2 Å². The molecule has 3 rings (SSSR count). The van der Waals surface area contributed by atoms with Gasteiger partial charge in [-0.2, -0.15) is 10.1 Å². The number of halogens is 3. The van der Waals surface area contributed by atoms with Crippen LogP contribution >= 0.6 is 0 Å². The monoisotopic (exact) mass is 393 g/mol. The van der Waals surface area contributed by atoms with Gasteiger partial charge in [-0.25, -0.2) is 9.50 Å². The second kappa shape index (κ2) is 7.83. The van der Waals surface area contributed by atoms with Crippen molar-refractivity contribution >= 4 is 11.7 Å². The molecule has 0 atom stereocenters. The number of carbonyl (C=O) groups is 1. The summed E-state index contributed by atoms with van der Waals surface area (Å²) in [7, 11) is 0. The zero-order valence-electron chi connectivity index (χ0n) is 15.2. The molecule has 1 N–H and O–H groups in total. The molecule has 0 saturated carbocycles. The lowest BCUT2D eigenvalue weighted by Gasteiger charge is -2.14. The number of fused-ring (bicyclic) bond motifs is 1. The molecule has 1 amide bonds. The summed E-state index contributed by atoms with van der Waals surface area (Å²) in [6.07, 6.45) is -2.80. The van der Waals surface area contributed by atoms with Crippen molar-refractivity contribution < 1.29 is 22.7 Å². The first-order chi connectivity index (χ1) is 13.2. The van der Waals surface area contributed by atoms with Crippen molar-refractivity contribution in [2.75, 3.05) is 0 Å². The Labute approximate surface area is 158 Å². The van der Waals surface area contributed by atoms with Crippen LogP contribution in [0.15, 0.2) is 30.6 Å². The average molecular weight is 393 g/mol. The maximum absolute atomic E-state index is 12.5. The average Bonchev–Trinajstić information content (AvgIpc) is 3.08. The molecule has 3 aromatic rings. The number of benzene rings is 1. The number of nitrogens with zero attached hydrogens (tertiary/aromatic N) is 4. The number of hydrogen-bond acceptors (Lipinski definition) is 5. The Morgan fingerprint density at radius 1 is 1.25 bits per heavy atom. The third-order valence-corrected chi connectivity index (χ3v) is 4.27. The fourth-order valence-electron chi connectivity index (χ4n) is 2.91. The van der Waals surface area contributed by atoms with Crippen LogP contribution in [0.2, 0.25) is 0 Å². The van der Waals surface area contributed by atoms with Crippen molar-refractivity contribution in [2.45, 2.75) is 39.6 Å². The maximum Gasteiger partial charge on any atom is 0.573 e. The van der Waals surface area contributed by atoms with Gasteiger partial charge in [-0.05, 0) is 31.9 Å². The van der Waals surface area contributed by atoms with Gasteiger partial charge < -0.3 is 10.1 Å². The van der Waals surface area contributed by atoms with E-state index in [1.807, 2.05) is 13.8 Å².